The Morgan fingerprint density at radius 1 is 1.37 bits per heavy atom. The van der Waals surface area contributed by atoms with Gasteiger partial charge in [-0.05, 0) is 19.4 Å². The molecule has 4 heteroatoms. The van der Waals surface area contributed by atoms with E-state index in [1.54, 1.807) is 0 Å². The SMILES string of the molecule is CC1(C)COCCN1CC(O)(CN)c1ccccc1. The number of hydrogen-bond donors (Lipinski definition) is 2. The molecule has 1 fully saturated rings. The lowest BCUT2D eigenvalue weighted by molar-refractivity contribution is -0.0910. The molecule has 1 aromatic carbocycles. The minimum absolute atomic E-state index is 0.0732. The maximum atomic E-state index is 10.9. The first-order valence-corrected chi connectivity index (χ1v) is 6.79. The second-order valence-corrected chi connectivity index (χ2v) is 5.89. The van der Waals surface area contributed by atoms with Crippen molar-refractivity contribution < 1.29 is 9.84 Å². The quantitative estimate of drug-likeness (QED) is 0.850. The molecule has 1 heterocycles. The van der Waals surface area contributed by atoms with E-state index in [1.807, 2.05) is 30.3 Å². The Bertz CT molecular complexity index is 408. The summed E-state index contributed by atoms with van der Waals surface area (Å²) in [5, 5.41) is 10.9. The number of nitrogens with two attached hydrogens (primary N) is 1. The van der Waals surface area contributed by atoms with Crippen LogP contribution in [0, 0.1) is 0 Å². The summed E-state index contributed by atoms with van der Waals surface area (Å²) in [4.78, 5) is 2.26. The number of ether oxygens (including phenoxy) is 1. The van der Waals surface area contributed by atoms with Gasteiger partial charge in [-0.2, -0.15) is 0 Å². The molecule has 106 valence electrons. The lowest BCUT2D eigenvalue weighted by atomic mass is 9.90. The van der Waals surface area contributed by atoms with Crippen LogP contribution in [0.4, 0.5) is 0 Å². The van der Waals surface area contributed by atoms with Crippen molar-refractivity contribution in [2.75, 3.05) is 32.8 Å². The molecule has 1 aliphatic heterocycles. The Morgan fingerprint density at radius 3 is 2.63 bits per heavy atom. The van der Waals surface area contributed by atoms with Crippen LogP contribution in [0.2, 0.25) is 0 Å². The minimum Gasteiger partial charge on any atom is -0.382 e. The van der Waals surface area contributed by atoms with Crippen LogP contribution < -0.4 is 5.73 Å². The van der Waals surface area contributed by atoms with Gasteiger partial charge in [0.25, 0.3) is 0 Å². The van der Waals surface area contributed by atoms with Crippen LogP contribution in [0.3, 0.4) is 0 Å². The summed E-state index contributed by atoms with van der Waals surface area (Å²) in [6.45, 7) is 7.22. The molecule has 1 aromatic rings. The molecule has 1 atom stereocenters. The number of hydrogen-bond acceptors (Lipinski definition) is 4. The molecule has 0 saturated carbocycles. The third kappa shape index (κ3) is 3.15. The highest BCUT2D eigenvalue weighted by atomic mass is 16.5. The van der Waals surface area contributed by atoms with Crippen LogP contribution >= 0.6 is 0 Å². The van der Waals surface area contributed by atoms with E-state index in [2.05, 4.69) is 18.7 Å². The first-order valence-electron chi connectivity index (χ1n) is 6.79. The maximum Gasteiger partial charge on any atom is 0.114 e. The van der Waals surface area contributed by atoms with Crippen molar-refractivity contribution in [3.05, 3.63) is 35.9 Å². The van der Waals surface area contributed by atoms with E-state index in [4.69, 9.17) is 10.5 Å². The van der Waals surface area contributed by atoms with Gasteiger partial charge in [-0.1, -0.05) is 30.3 Å². The lowest BCUT2D eigenvalue weighted by Gasteiger charge is -2.45. The van der Waals surface area contributed by atoms with Crippen LogP contribution in [0.1, 0.15) is 19.4 Å². The van der Waals surface area contributed by atoms with Crippen molar-refractivity contribution in [2.45, 2.75) is 25.0 Å². The summed E-state index contributed by atoms with van der Waals surface area (Å²) in [6.07, 6.45) is 0. The van der Waals surface area contributed by atoms with Gasteiger partial charge in [0, 0.05) is 25.2 Å². The number of nitrogens with zero attached hydrogens (tertiary/aromatic N) is 1. The highest BCUT2D eigenvalue weighted by molar-refractivity contribution is 5.23. The van der Waals surface area contributed by atoms with E-state index >= 15 is 0 Å². The van der Waals surface area contributed by atoms with Gasteiger partial charge in [-0.3, -0.25) is 4.90 Å². The molecule has 1 aliphatic rings. The zero-order valence-electron chi connectivity index (χ0n) is 11.8. The summed E-state index contributed by atoms with van der Waals surface area (Å²) in [7, 11) is 0. The lowest BCUT2D eigenvalue weighted by Crippen LogP contribution is -2.58. The predicted molar refractivity (Wildman–Crippen MR) is 75.9 cm³/mol. The molecule has 19 heavy (non-hydrogen) atoms. The zero-order valence-corrected chi connectivity index (χ0v) is 11.8. The number of benzene rings is 1. The van der Waals surface area contributed by atoms with Crippen LogP contribution in [-0.2, 0) is 10.3 Å². The number of aliphatic hydroxyl groups is 1. The fraction of sp³-hybridized carbons (Fsp3) is 0.600. The Balaban J connectivity index is 2.18. The molecular formula is C15H24N2O2. The summed E-state index contributed by atoms with van der Waals surface area (Å²) in [5.74, 6) is 0. The Labute approximate surface area is 115 Å². The largest absolute Gasteiger partial charge is 0.382 e. The van der Waals surface area contributed by atoms with E-state index in [-0.39, 0.29) is 12.1 Å². The fourth-order valence-electron chi connectivity index (χ4n) is 2.52. The molecule has 1 unspecified atom stereocenters. The first kappa shape index (κ1) is 14.5. The Morgan fingerprint density at radius 2 is 2.05 bits per heavy atom. The van der Waals surface area contributed by atoms with Crippen molar-refractivity contribution in [3.8, 4) is 0 Å². The standard InChI is InChI=1S/C15H24N2O2/c1-14(2)12-19-9-8-17(14)11-15(18,10-16)13-6-4-3-5-7-13/h3-7,18H,8-12,16H2,1-2H3. The normalized spacial score (nSPS) is 22.9. The van der Waals surface area contributed by atoms with Crippen molar-refractivity contribution in [3.63, 3.8) is 0 Å². The molecule has 0 aromatic heterocycles. The number of morpholine rings is 1. The molecule has 1 saturated heterocycles. The van der Waals surface area contributed by atoms with Crippen LogP contribution in [-0.4, -0.2) is 48.4 Å². The monoisotopic (exact) mass is 264 g/mol. The highest BCUT2D eigenvalue weighted by Crippen LogP contribution is 2.27. The van der Waals surface area contributed by atoms with E-state index in [0.717, 1.165) is 12.1 Å². The fourth-order valence-corrected chi connectivity index (χ4v) is 2.52. The zero-order chi connectivity index (χ0) is 13.9. The molecule has 0 aliphatic carbocycles. The average molecular weight is 264 g/mol. The smallest absolute Gasteiger partial charge is 0.114 e. The summed E-state index contributed by atoms with van der Waals surface area (Å²) in [5.41, 5.74) is 5.63. The van der Waals surface area contributed by atoms with E-state index in [1.165, 1.54) is 0 Å². The maximum absolute atomic E-state index is 10.9. The molecule has 2 rings (SSSR count). The average Bonchev–Trinajstić information content (AvgIpc) is 2.42. The number of β-amino-alcohol motifs (C(OH)–C–C–N with tert-alkyl or cyclic N) is 1. The van der Waals surface area contributed by atoms with Gasteiger partial charge in [-0.15, -0.1) is 0 Å². The molecule has 0 amide bonds. The molecule has 4 nitrogen and oxygen atoms in total. The third-order valence-electron chi connectivity index (χ3n) is 3.92. The van der Waals surface area contributed by atoms with Gasteiger partial charge in [0.2, 0.25) is 0 Å². The van der Waals surface area contributed by atoms with Gasteiger partial charge in [0.15, 0.2) is 0 Å². The summed E-state index contributed by atoms with van der Waals surface area (Å²) in [6, 6.07) is 9.67. The van der Waals surface area contributed by atoms with Crippen molar-refractivity contribution >= 4 is 0 Å². The van der Waals surface area contributed by atoms with Gasteiger partial charge in [0.1, 0.15) is 5.60 Å². The van der Waals surface area contributed by atoms with E-state index in [9.17, 15) is 5.11 Å². The Kier molecular flexibility index (Phi) is 4.26. The minimum atomic E-state index is -1.00. The molecule has 0 spiro atoms. The van der Waals surface area contributed by atoms with Crippen molar-refractivity contribution in [2.24, 2.45) is 5.73 Å². The third-order valence-corrected chi connectivity index (χ3v) is 3.92. The van der Waals surface area contributed by atoms with Gasteiger partial charge >= 0.3 is 0 Å². The first-order chi connectivity index (χ1) is 8.98. The highest BCUT2D eigenvalue weighted by Gasteiger charge is 2.37. The van der Waals surface area contributed by atoms with E-state index < -0.39 is 5.60 Å². The molecule has 3 N–H and O–H groups in total. The summed E-state index contributed by atoms with van der Waals surface area (Å²) < 4.78 is 5.51. The van der Waals surface area contributed by atoms with Crippen molar-refractivity contribution in [1.29, 1.82) is 0 Å². The van der Waals surface area contributed by atoms with E-state index in [0.29, 0.717) is 19.8 Å². The van der Waals surface area contributed by atoms with Crippen LogP contribution in [0.25, 0.3) is 0 Å². The molecule has 0 bridgehead atoms. The molecular weight excluding hydrogens is 240 g/mol. The topological polar surface area (TPSA) is 58.7 Å². The molecule has 0 radical (unpaired) electrons. The second-order valence-electron chi connectivity index (χ2n) is 5.89. The number of rotatable bonds is 4. The van der Waals surface area contributed by atoms with Gasteiger partial charge < -0.3 is 15.6 Å². The van der Waals surface area contributed by atoms with Crippen LogP contribution in [0.5, 0.6) is 0 Å². The predicted octanol–water partition coefficient (Wildman–Crippen LogP) is 0.944. The second kappa shape index (κ2) is 5.59. The van der Waals surface area contributed by atoms with Crippen molar-refractivity contribution in [1.82, 2.24) is 4.90 Å². The Hall–Kier alpha value is -0.940. The summed E-state index contributed by atoms with van der Waals surface area (Å²) >= 11 is 0. The van der Waals surface area contributed by atoms with Gasteiger partial charge in [0.05, 0.1) is 13.2 Å². The van der Waals surface area contributed by atoms with Crippen LogP contribution in [0.15, 0.2) is 30.3 Å². The van der Waals surface area contributed by atoms with Gasteiger partial charge in [-0.25, -0.2) is 0 Å².